The minimum atomic E-state index is -0.438. The predicted molar refractivity (Wildman–Crippen MR) is 73.1 cm³/mol. The van der Waals surface area contributed by atoms with E-state index in [1.54, 1.807) is 11.8 Å². The molecule has 0 unspecified atom stereocenters. The van der Waals surface area contributed by atoms with E-state index in [0.717, 1.165) is 10.6 Å². The molecule has 0 aliphatic heterocycles. The number of benzene rings is 1. The lowest BCUT2D eigenvalue weighted by molar-refractivity contribution is -0.0970. The highest BCUT2D eigenvalue weighted by Crippen LogP contribution is 2.24. The summed E-state index contributed by atoms with van der Waals surface area (Å²) in [7, 11) is 3.05. The summed E-state index contributed by atoms with van der Waals surface area (Å²) in [5, 5.41) is 5.46. The van der Waals surface area contributed by atoms with Crippen LogP contribution in [0.4, 0.5) is 10.5 Å². The van der Waals surface area contributed by atoms with E-state index >= 15 is 0 Å². The van der Waals surface area contributed by atoms with Gasteiger partial charge in [0.1, 0.15) is 0 Å². The van der Waals surface area contributed by atoms with Gasteiger partial charge in [-0.25, -0.2) is 4.79 Å². The molecule has 0 bridgehead atoms. The number of nitrogens with one attached hydrogen (secondary N) is 2. The molecule has 1 aromatic rings. The third kappa shape index (κ3) is 4.56. The number of amides is 2. The number of urea groups is 1. The van der Waals surface area contributed by atoms with Crippen LogP contribution in [0.3, 0.4) is 0 Å². The second-order valence-electron chi connectivity index (χ2n) is 3.44. The van der Waals surface area contributed by atoms with E-state index in [4.69, 9.17) is 9.47 Å². The first-order valence-corrected chi connectivity index (χ1v) is 6.67. The highest BCUT2D eigenvalue weighted by atomic mass is 32.2. The van der Waals surface area contributed by atoms with Gasteiger partial charge in [0.15, 0.2) is 6.29 Å². The molecule has 0 aromatic heterocycles. The largest absolute Gasteiger partial charge is 0.354 e. The van der Waals surface area contributed by atoms with Gasteiger partial charge >= 0.3 is 6.03 Å². The van der Waals surface area contributed by atoms with Gasteiger partial charge in [-0.3, -0.25) is 0 Å². The zero-order chi connectivity index (χ0) is 13.4. The van der Waals surface area contributed by atoms with Crippen molar-refractivity contribution in [2.45, 2.75) is 11.2 Å². The Morgan fingerprint density at radius 1 is 1.33 bits per heavy atom. The summed E-state index contributed by atoms with van der Waals surface area (Å²) in [4.78, 5) is 12.7. The van der Waals surface area contributed by atoms with Gasteiger partial charge in [0.2, 0.25) is 0 Å². The second kappa shape index (κ2) is 7.97. The number of anilines is 1. The van der Waals surface area contributed by atoms with Crippen LogP contribution in [-0.4, -0.2) is 39.3 Å². The van der Waals surface area contributed by atoms with Gasteiger partial charge in [-0.1, -0.05) is 12.1 Å². The van der Waals surface area contributed by atoms with Gasteiger partial charge < -0.3 is 20.1 Å². The first-order valence-electron chi connectivity index (χ1n) is 5.44. The molecule has 0 saturated carbocycles. The molecule has 6 heteroatoms. The Labute approximate surface area is 111 Å². The van der Waals surface area contributed by atoms with Gasteiger partial charge in [0, 0.05) is 19.1 Å². The fourth-order valence-corrected chi connectivity index (χ4v) is 1.91. The van der Waals surface area contributed by atoms with Crippen LogP contribution in [0.2, 0.25) is 0 Å². The van der Waals surface area contributed by atoms with Crippen LogP contribution in [0, 0.1) is 0 Å². The van der Waals surface area contributed by atoms with E-state index in [-0.39, 0.29) is 6.03 Å². The lowest BCUT2D eigenvalue weighted by Crippen LogP contribution is -2.36. The summed E-state index contributed by atoms with van der Waals surface area (Å²) < 4.78 is 9.95. The summed E-state index contributed by atoms with van der Waals surface area (Å²) in [6.45, 7) is 0.292. The van der Waals surface area contributed by atoms with Gasteiger partial charge in [0.25, 0.3) is 0 Å². The van der Waals surface area contributed by atoms with E-state index in [0.29, 0.717) is 6.54 Å². The zero-order valence-corrected chi connectivity index (χ0v) is 11.5. The maximum atomic E-state index is 11.7. The quantitative estimate of drug-likeness (QED) is 0.614. The van der Waals surface area contributed by atoms with Crippen molar-refractivity contribution in [3.05, 3.63) is 24.3 Å². The number of methoxy groups -OCH3 is 2. The zero-order valence-electron chi connectivity index (χ0n) is 10.7. The Bertz CT molecular complexity index is 383. The Balaban J connectivity index is 2.49. The van der Waals surface area contributed by atoms with E-state index in [1.807, 2.05) is 30.5 Å². The monoisotopic (exact) mass is 270 g/mol. The van der Waals surface area contributed by atoms with E-state index in [9.17, 15) is 4.79 Å². The third-order valence-electron chi connectivity index (χ3n) is 2.31. The molecule has 0 fully saturated rings. The van der Waals surface area contributed by atoms with Crippen molar-refractivity contribution in [2.75, 3.05) is 32.3 Å². The molecule has 0 radical (unpaired) electrons. The second-order valence-corrected chi connectivity index (χ2v) is 4.28. The molecule has 2 N–H and O–H groups in total. The molecule has 1 rings (SSSR count). The van der Waals surface area contributed by atoms with Crippen molar-refractivity contribution in [3.63, 3.8) is 0 Å². The Kier molecular flexibility index (Phi) is 6.56. The van der Waals surface area contributed by atoms with Crippen LogP contribution in [0.5, 0.6) is 0 Å². The fraction of sp³-hybridized carbons (Fsp3) is 0.417. The third-order valence-corrected chi connectivity index (χ3v) is 3.11. The summed E-state index contributed by atoms with van der Waals surface area (Å²) >= 11 is 1.58. The molecule has 0 aliphatic carbocycles. The molecule has 0 spiro atoms. The number of thioether (sulfide) groups is 1. The summed E-state index contributed by atoms with van der Waals surface area (Å²) in [5.74, 6) is 0. The van der Waals surface area contributed by atoms with E-state index < -0.39 is 6.29 Å². The van der Waals surface area contributed by atoms with Crippen LogP contribution in [0.15, 0.2) is 29.2 Å². The molecule has 0 saturated heterocycles. The van der Waals surface area contributed by atoms with Gasteiger partial charge in [0.05, 0.1) is 12.2 Å². The van der Waals surface area contributed by atoms with Crippen molar-refractivity contribution in [1.29, 1.82) is 0 Å². The smallest absolute Gasteiger partial charge is 0.319 e. The number of para-hydroxylation sites is 1. The fourth-order valence-electron chi connectivity index (χ4n) is 1.35. The highest BCUT2D eigenvalue weighted by molar-refractivity contribution is 7.98. The molecule has 0 aliphatic rings. The standard InChI is InChI=1S/C12H18N2O3S/c1-16-11(17-2)8-13-12(15)14-9-6-4-5-7-10(9)18-3/h4-7,11H,8H2,1-3H3,(H2,13,14,15). The number of carbonyl (C=O) groups excluding carboxylic acids is 1. The molecule has 18 heavy (non-hydrogen) atoms. The van der Waals surface area contributed by atoms with Crippen LogP contribution in [0.1, 0.15) is 0 Å². The Hall–Kier alpha value is -1.24. The predicted octanol–water partition coefficient (Wildman–Crippen LogP) is 2.15. The van der Waals surface area contributed by atoms with Crippen LogP contribution >= 0.6 is 11.8 Å². The molecule has 100 valence electrons. The van der Waals surface area contributed by atoms with Crippen molar-refractivity contribution in [3.8, 4) is 0 Å². The summed E-state index contributed by atoms with van der Waals surface area (Å²) in [6.07, 6.45) is 1.52. The Morgan fingerprint density at radius 3 is 2.61 bits per heavy atom. The van der Waals surface area contributed by atoms with E-state index in [2.05, 4.69) is 10.6 Å². The maximum Gasteiger partial charge on any atom is 0.319 e. The molecule has 5 nitrogen and oxygen atoms in total. The van der Waals surface area contributed by atoms with Crippen molar-refractivity contribution in [2.24, 2.45) is 0 Å². The molecular formula is C12H18N2O3S. The lowest BCUT2D eigenvalue weighted by Gasteiger charge is -2.15. The van der Waals surface area contributed by atoms with Gasteiger partial charge in [-0.05, 0) is 18.4 Å². The molecule has 1 aromatic carbocycles. The summed E-state index contributed by atoms with van der Waals surface area (Å²) in [5.41, 5.74) is 0.786. The SMILES string of the molecule is COC(CNC(=O)Nc1ccccc1SC)OC. The van der Waals surface area contributed by atoms with Gasteiger partial charge in [-0.2, -0.15) is 0 Å². The van der Waals surface area contributed by atoms with Crippen molar-refractivity contribution in [1.82, 2.24) is 5.32 Å². The number of hydrogen-bond acceptors (Lipinski definition) is 4. The van der Waals surface area contributed by atoms with Crippen LogP contribution < -0.4 is 10.6 Å². The van der Waals surface area contributed by atoms with Gasteiger partial charge in [-0.15, -0.1) is 11.8 Å². The number of rotatable bonds is 6. The molecule has 0 atom stereocenters. The minimum absolute atomic E-state index is 0.282. The molecule has 0 heterocycles. The average Bonchev–Trinajstić information content (AvgIpc) is 2.40. The normalized spacial score (nSPS) is 10.4. The average molecular weight is 270 g/mol. The number of carbonyl (C=O) groups is 1. The van der Waals surface area contributed by atoms with Crippen molar-refractivity contribution < 1.29 is 14.3 Å². The maximum absolute atomic E-state index is 11.7. The highest BCUT2D eigenvalue weighted by Gasteiger charge is 2.09. The topological polar surface area (TPSA) is 59.6 Å². The summed E-state index contributed by atoms with van der Waals surface area (Å²) in [6, 6.07) is 7.34. The first-order chi connectivity index (χ1) is 8.71. The first kappa shape index (κ1) is 14.8. The van der Waals surface area contributed by atoms with E-state index in [1.165, 1.54) is 14.2 Å². The molecular weight excluding hydrogens is 252 g/mol. The molecule has 2 amide bonds. The van der Waals surface area contributed by atoms with Crippen LogP contribution in [-0.2, 0) is 9.47 Å². The number of hydrogen-bond donors (Lipinski definition) is 2. The lowest BCUT2D eigenvalue weighted by atomic mass is 10.3. The number of ether oxygens (including phenoxy) is 2. The van der Waals surface area contributed by atoms with Crippen LogP contribution in [0.25, 0.3) is 0 Å². The van der Waals surface area contributed by atoms with Crippen molar-refractivity contribution >= 4 is 23.5 Å². The minimum Gasteiger partial charge on any atom is -0.354 e. The Morgan fingerprint density at radius 2 is 2.00 bits per heavy atom.